The minimum atomic E-state index is 0.0916. The fraction of sp³-hybridized carbons (Fsp3) is 0.455. The van der Waals surface area contributed by atoms with Crippen LogP contribution in [0.5, 0.6) is 5.75 Å². The lowest BCUT2D eigenvalue weighted by molar-refractivity contribution is -0.123. The van der Waals surface area contributed by atoms with E-state index >= 15 is 0 Å². The summed E-state index contributed by atoms with van der Waals surface area (Å²) >= 11 is 1.60. The summed E-state index contributed by atoms with van der Waals surface area (Å²) < 4.78 is 5.16. The quantitative estimate of drug-likeness (QED) is 0.778. The molecule has 5 rings (SSSR count). The molecule has 2 aliphatic heterocycles. The molecule has 1 aromatic carbocycles. The molecule has 0 radical (unpaired) electrons. The molecule has 3 fully saturated rings. The smallest absolute Gasteiger partial charge is 0.255 e. The number of rotatable bonds is 7. The molecular weight excluding hydrogens is 372 g/mol. The summed E-state index contributed by atoms with van der Waals surface area (Å²) in [4.78, 5) is 28.2. The van der Waals surface area contributed by atoms with Gasteiger partial charge in [0.2, 0.25) is 5.91 Å². The lowest BCUT2D eigenvalue weighted by atomic mass is 9.80. The fourth-order valence-electron chi connectivity index (χ4n) is 4.29. The highest BCUT2D eigenvalue weighted by molar-refractivity contribution is 7.10. The third kappa shape index (κ3) is 3.78. The van der Waals surface area contributed by atoms with Gasteiger partial charge in [-0.3, -0.25) is 9.59 Å². The number of carbonyl (C=O) groups is 2. The van der Waals surface area contributed by atoms with E-state index in [1.807, 2.05) is 47.5 Å². The van der Waals surface area contributed by atoms with Gasteiger partial charge in [0.15, 0.2) is 0 Å². The number of carbonyl (C=O) groups excluding carboxylic acids is 2. The molecule has 3 aliphatic rings. The number of thiophene rings is 1. The zero-order valence-corrected chi connectivity index (χ0v) is 17.1. The SMILES string of the molecule is COc1ccc(CCCC(=O)NC2C3CC2N(C(=O)c2csc(C)c2)C3)cc1. The third-order valence-corrected chi connectivity index (χ3v) is 6.75. The Balaban J connectivity index is 1.24. The minimum Gasteiger partial charge on any atom is -0.497 e. The van der Waals surface area contributed by atoms with Gasteiger partial charge in [-0.1, -0.05) is 12.1 Å². The highest BCUT2D eigenvalue weighted by Crippen LogP contribution is 2.42. The van der Waals surface area contributed by atoms with Gasteiger partial charge >= 0.3 is 0 Å². The predicted molar refractivity (Wildman–Crippen MR) is 110 cm³/mol. The second-order valence-corrected chi connectivity index (χ2v) is 8.88. The molecule has 0 spiro atoms. The van der Waals surface area contributed by atoms with Gasteiger partial charge in [0.25, 0.3) is 5.91 Å². The molecule has 1 saturated carbocycles. The fourth-order valence-corrected chi connectivity index (χ4v) is 4.97. The van der Waals surface area contributed by atoms with Crippen LogP contribution in [0, 0.1) is 12.8 Å². The number of ether oxygens (including phenoxy) is 1. The molecule has 3 atom stereocenters. The summed E-state index contributed by atoms with van der Waals surface area (Å²) in [6.45, 7) is 2.77. The van der Waals surface area contributed by atoms with E-state index in [2.05, 4.69) is 5.32 Å². The van der Waals surface area contributed by atoms with E-state index in [4.69, 9.17) is 4.74 Å². The van der Waals surface area contributed by atoms with Crippen LogP contribution in [0.3, 0.4) is 0 Å². The van der Waals surface area contributed by atoms with Gasteiger partial charge in [0.1, 0.15) is 5.75 Å². The van der Waals surface area contributed by atoms with Crippen LogP contribution in [-0.4, -0.2) is 42.5 Å². The largest absolute Gasteiger partial charge is 0.497 e. The van der Waals surface area contributed by atoms with Crippen LogP contribution in [0.4, 0.5) is 0 Å². The number of benzene rings is 1. The molecule has 2 saturated heterocycles. The molecule has 2 aromatic rings. The summed E-state index contributed by atoms with van der Waals surface area (Å²) in [7, 11) is 1.66. The molecule has 1 N–H and O–H groups in total. The van der Waals surface area contributed by atoms with Crippen molar-refractivity contribution in [2.45, 2.75) is 44.7 Å². The van der Waals surface area contributed by atoms with Crippen molar-refractivity contribution < 1.29 is 14.3 Å². The monoisotopic (exact) mass is 398 g/mol. The summed E-state index contributed by atoms with van der Waals surface area (Å²) in [6, 6.07) is 10.2. The van der Waals surface area contributed by atoms with E-state index in [-0.39, 0.29) is 23.9 Å². The summed E-state index contributed by atoms with van der Waals surface area (Å²) in [5.41, 5.74) is 1.99. The number of amides is 2. The summed E-state index contributed by atoms with van der Waals surface area (Å²) in [6.07, 6.45) is 3.21. The molecule has 28 heavy (non-hydrogen) atoms. The zero-order valence-electron chi connectivity index (χ0n) is 16.3. The average molecular weight is 399 g/mol. The van der Waals surface area contributed by atoms with E-state index < -0.39 is 0 Å². The van der Waals surface area contributed by atoms with Crippen molar-refractivity contribution >= 4 is 23.2 Å². The standard InChI is InChI=1S/C22H26N2O3S/c1-14-10-17(13-28-14)22(26)24-12-16-11-19(24)21(16)23-20(25)5-3-4-15-6-8-18(27-2)9-7-15/h6-10,13,16,19,21H,3-5,11-12H2,1-2H3,(H,23,25). The van der Waals surface area contributed by atoms with E-state index in [0.717, 1.165) is 42.0 Å². The molecule has 3 unspecified atom stereocenters. The van der Waals surface area contributed by atoms with E-state index in [0.29, 0.717) is 12.3 Å². The first-order valence-corrected chi connectivity index (χ1v) is 10.7. The number of hydrogen-bond acceptors (Lipinski definition) is 4. The van der Waals surface area contributed by atoms with Gasteiger partial charge in [-0.15, -0.1) is 11.3 Å². The van der Waals surface area contributed by atoms with Gasteiger partial charge in [-0.05, 0) is 49.9 Å². The van der Waals surface area contributed by atoms with Crippen LogP contribution in [0.2, 0.25) is 0 Å². The normalized spacial score (nSPS) is 22.6. The van der Waals surface area contributed by atoms with Crippen LogP contribution >= 0.6 is 11.3 Å². The number of fused-ring (bicyclic) bond motifs is 1. The van der Waals surface area contributed by atoms with Crippen molar-refractivity contribution in [2.75, 3.05) is 13.7 Å². The van der Waals surface area contributed by atoms with Crippen molar-refractivity contribution in [2.24, 2.45) is 5.92 Å². The lowest BCUT2D eigenvalue weighted by Crippen LogP contribution is -2.55. The highest BCUT2D eigenvalue weighted by atomic mass is 32.1. The van der Waals surface area contributed by atoms with Crippen LogP contribution in [-0.2, 0) is 11.2 Å². The van der Waals surface area contributed by atoms with E-state index in [9.17, 15) is 9.59 Å². The lowest BCUT2D eigenvalue weighted by Gasteiger charge is -2.36. The van der Waals surface area contributed by atoms with Gasteiger partial charge in [-0.2, -0.15) is 0 Å². The first-order valence-electron chi connectivity index (χ1n) is 9.83. The number of methoxy groups -OCH3 is 1. The predicted octanol–water partition coefficient (Wildman–Crippen LogP) is 3.42. The second kappa shape index (κ2) is 7.95. The first-order chi connectivity index (χ1) is 13.5. The first kappa shape index (κ1) is 19.0. The Kier molecular flexibility index (Phi) is 5.40. The summed E-state index contributed by atoms with van der Waals surface area (Å²) in [5, 5.41) is 5.10. The Morgan fingerprint density at radius 1 is 1.29 bits per heavy atom. The van der Waals surface area contributed by atoms with Crippen molar-refractivity contribution in [3.8, 4) is 5.75 Å². The number of hydrogen-bond donors (Lipinski definition) is 1. The Bertz CT molecular complexity index is 861. The number of nitrogens with one attached hydrogen (secondary N) is 1. The van der Waals surface area contributed by atoms with Gasteiger partial charge in [0, 0.05) is 29.1 Å². The minimum absolute atomic E-state index is 0.0916. The maximum absolute atomic E-state index is 12.7. The molecule has 1 aliphatic carbocycles. The number of nitrogens with zero attached hydrogens (tertiary/aromatic N) is 1. The molecule has 3 heterocycles. The highest BCUT2D eigenvalue weighted by Gasteiger charge is 2.54. The molecule has 6 heteroatoms. The van der Waals surface area contributed by atoms with Crippen molar-refractivity contribution in [3.63, 3.8) is 0 Å². The maximum atomic E-state index is 12.7. The zero-order chi connectivity index (χ0) is 19.7. The molecule has 148 valence electrons. The van der Waals surface area contributed by atoms with Gasteiger partial charge < -0.3 is 15.0 Å². The average Bonchev–Trinajstić information content (AvgIpc) is 3.41. The van der Waals surface area contributed by atoms with Crippen LogP contribution in [0.25, 0.3) is 0 Å². The van der Waals surface area contributed by atoms with Crippen LogP contribution in [0.15, 0.2) is 35.7 Å². The van der Waals surface area contributed by atoms with Gasteiger partial charge in [0.05, 0.1) is 24.8 Å². The van der Waals surface area contributed by atoms with Gasteiger partial charge in [-0.25, -0.2) is 0 Å². The maximum Gasteiger partial charge on any atom is 0.255 e. The van der Waals surface area contributed by atoms with Crippen LogP contribution in [0.1, 0.15) is 40.1 Å². The second-order valence-electron chi connectivity index (χ2n) is 7.76. The Hall–Kier alpha value is -2.34. The van der Waals surface area contributed by atoms with Crippen molar-refractivity contribution in [3.05, 3.63) is 51.7 Å². The van der Waals surface area contributed by atoms with Crippen molar-refractivity contribution in [1.29, 1.82) is 0 Å². The Morgan fingerprint density at radius 2 is 2.07 bits per heavy atom. The molecule has 2 amide bonds. The van der Waals surface area contributed by atoms with Crippen molar-refractivity contribution in [1.82, 2.24) is 10.2 Å². The molecular formula is C22H26N2O3S. The Morgan fingerprint density at radius 3 is 2.75 bits per heavy atom. The molecule has 5 nitrogen and oxygen atoms in total. The van der Waals surface area contributed by atoms with Crippen LogP contribution < -0.4 is 10.1 Å². The molecule has 1 aromatic heterocycles. The topological polar surface area (TPSA) is 58.6 Å². The van der Waals surface area contributed by atoms with E-state index in [1.54, 1.807) is 18.4 Å². The van der Waals surface area contributed by atoms with E-state index in [1.165, 1.54) is 5.56 Å². The molecule has 2 bridgehead atoms. The third-order valence-electron chi connectivity index (χ3n) is 5.89. The Labute approximate surface area is 169 Å². The number of aryl methyl sites for hydroxylation is 2. The summed E-state index contributed by atoms with van der Waals surface area (Å²) in [5.74, 6) is 1.44.